The maximum absolute atomic E-state index is 12.0. The highest BCUT2D eigenvalue weighted by Gasteiger charge is 2.25. The van der Waals surface area contributed by atoms with Gasteiger partial charge in [0.1, 0.15) is 11.3 Å². The van der Waals surface area contributed by atoms with Crippen molar-refractivity contribution in [2.45, 2.75) is 24.3 Å². The fraction of sp³-hybridized carbons (Fsp3) is 0.143. The molecule has 5 aromatic rings. The first-order valence-corrected chi connectivity index (χ1v) is 13.6. The summed E-state index contributed by atoms with van der Waals surface area (Å²) in [6.07, 6.45) is 4.69. The van der Waals surface area contributed by atoms with E-state index in [1.807, 2.05) is 53.1 Å². The van der Waals surface area contributed by atoms with Gasteiger partial charge >= 0.3 is 0 Å². The first-order chi connectivity index (χ1) is 17.0. The van der Waals surface area contributed by atoms with Gasteiger partial charge in [-0.05, 0) is 60.7 Å². The van der Waals surface area contributed by atoms with Crippen molar-refractivity contribution in [3.05, 3.63) is 95.9 Å². The zero-order valence-electron chi connectivity index (χ0n) is 20.0. The molecule has 2 heterocycles. The highest BCUT2D eigenvalue weighted by molar-refractivity contribution is 7.90. The van der Waals surface area contributed by atoms with Gasteiger partial charge in [0, 0.05) is 24.0 Å². The normalized spacial score (nSPS) is 12.2. The Hall–Kier alpha value is -3.52. The Kier molecular flexibility index (Phi) is 5.95. The number of aromatic nitrogens is 3. The van der Waals surface area contributed by atoms with E-state index in [0.717, 1.165) is 21.9 Å². The van der Waals surface area contributed by atoms with E-state index in [2.05, 4.69) is 4.98 Å². The molecule has 0 amide bonds. The maximum atomic E-state index is 12.0. The second kappa shape index (κ2) is 8.85. The molecule has 0 saturated heterocycles. The van der Waals surface area contributed by atoms with Crippen LogP contribution in [0.15, 0.2) is 90.1 Å². The number of nitrogens with zero attached hydrogens (tertiary/aromatic N) is 3. The summed E-state index contributed by atoms with van der Waals surface area (Å²) in [5.74, 6) is 0.553. The first kappa shape index (κ1) is 24.2. The van der Waals surface area contributed by atoms with Crippen LogP contribution in [-0.2, 0) is 15.4 Å². The summed E-state index contributed by atoms with van der Waals surface area (Å²) in [5.41, 5.74) is 2.15. The number of pyridine rings is 1. The van der Waals surface area contributed by atoms with Gasteiger partial charge in [0.25, 0.3) is 0 Å². The third-order valence-electron chi connectivity index (χ3n) is 6.02. The number of fused-ring (bicyclic) bond motifs is 1. The molecule has 5 rings (SSSR count). The standard InChI is InChI=1S/C28H24ClN3O3S/c1-28(2,33)25-17-32(27(31-25)26-22-10-5-4-7-18(22)13-14-30-26)24-12-11-20(16-23(24)29)19-8-6-9-21(15-19)36(3,34)35/h4-17,33H,1-3H3. The molecule has 6 nitrogen and oxygen atoms in total. The molecule has 0 bridgehead atoms. The summed E-state index contributed by atoms with van der Waals surface area (Å²) in [7, 11) is -3.34. The summed E-state index contributed by atoms with van der Waals surface area (Å²) < 4.78 is 25.9. The van der Waals surface area contributed by atoms with Crippen molar-refractivity contribution < 1.29 is 13.5 Å². The predicted octanol–water partition coefficient (Wildman–Crippen LogP) is 6.04. The monoisotopic (exact) mass is 517 g/mol. The highest BCUT2D eigenvalue weighted by Crippen LogP contribution is 2.35. The maximum Gasteiger partial charge on any atom is 0.175 e. The Balaban J connectivity index is 1.68. The molecule has 0 saturated carbocycles. The lowest BCUT2D eigenvalue weighted by Crippen LogP contribution is -2.15. The van der Waals surface area contributed by atoms with Gasteiger partial charge in [0.15, 0.2) is 15.7 Å². The van der Waals surface area contributed by atoms with Crippen LogP contribution in [0.2, 0.25) is 5.02 Å². The lowest BCUT2D eigenvalue weighted by atomic mass is 10.1. The lowest BCUT2D eigenvalue weighted by Gasteiger charge is -2.13. The van der Waals surface area contributed by atoms with Crippen LogP contribution in [0.1, 0.15) is 19.5 Å². The van der Waals surface area contributed by atoms with Crippen LogP contribution in [0.5, 0.6) is 0 Å². The van der Waals surface area contributed by atoms with Crippen LogP contribution in [-0.4, -0.2) is 34.3 Å². The Bertz CT molecular complexity index is 1710. The van der Waals surface area contributed by atoms with E-state index >= 15 is 0 Å². The van der Waals surface area contributed by atoms with Gasteiger partial charge in [0.05, 0.1) is 21.3 Å². The number of hydrogen-bond acceptors (Lipinski definition) is 5. The number of aliphatic hydroxyl groups is 1. The summed E-state index contributed by atoms with van der Waals surface area (Å²) in [5, 5.41) is 13.1. The van der Waals surface area contributed by atoms with Gasteiger partial charge in [-0.3, -0.25) is 9.55 Å². The molecular formula is C28H24ClN3O3S. The van der Waals surface area contributed by atoms with E-state index < -0.39 is 15.4 Å². The molecule has 36 heavy (non-hydrogen) atoms. The molecule has 0 spiro atoms. The summed E-state index contributed by atoms with van der Waals surface area (Å²) in [6, 6.07) is 22.1. The lowest BCUT2D eigenvalue weighted by molar-refractivity contribution is 0.0743. The van der Waals surface area contributed by atoms with E-state index in [1.54, 1.807) is 50.5 Å². The third kappa shape index (κ3) is 4.53. The summed E-state index contributed by atoms with van der Waals surface area (Å²) in [4.78, 5) is 9.63. The Labute approximate surface area is 214 Å². The largest absolute Gasteiger partial charge is 0.384 e. The van der Waals surface area contributed by atoms with Crippen LogP contribution in [0.3, 0.4) is 0 Å². The second-order valence-electron chi connectivity index (χ2n) is 9.23. The molecule has 0 aliphatic rings. The van der Waals surface area contributed by atoms with Gasteiger partial charge < -0.3 is 5.11 Å². The van der Waals surface area contributed by atoms with Crippen LogP contribution >= 0.6 is 11.6 Å². The number of halogens is 1. The van der Waals surface area contributed by atoms with Gasteiger partial charge in [0.2, 0.25) is 0 Å². The second-order valence-corrected chi connectivity index (χ2v) is 11.6. The van der Waals surface area contributed by atoms with E-state index in [4.69, 9.17) is 16.6 Å². The Morgan fingerprint density at radius 3 is 2.42 bits per heavy atom. The third-order valence-corrected chi connectivity index (χ3v) is 7.43. The summed E-state index contributed by atoms with van der Waals surface area (Å²) >= 11 is 6.79. The van der Waals surface area contributed by atoms with Crippen molar-refractivity contribution in [3.8, 4) is 28.3 Å². The molecule has 0 aliphatic heterocycles. The summed E-state index contributed by atoms with van der Waals surface area (Å²) in [6.45, 7) is 3.36. The number of benzene rings is 3. The molecule has 1 N–H and O–H groups in total. The quantitative estimate of drug-likeness (QED) is 0.307. The van der Waals surface area contributed by atoms with Gasteiger partial charge in [-0.2, -0.15) is 0 Å². The van der Waals surface area contributed by atoms with E-state index in [-0.39, 0.29) is 4.90 Å². The molecule has 8 heteroatoms. The minimum absolute atomic E-state index is 0.244. The minimum Gasteiger partial charge on any atom is -0.384 e. The average molecular weight is 518 g/mol. The van der Waals surface area contributed by atoms with Gasteiger partial charge in [-0.15, -0.1) is 0 Å². The number of imidazole rings is 1. The van der Waals surface area contributed by atoms with Crippen molar-refractivity contribution in [3.63, 3.8) is 0 Å². The molecule has 2 aromatic heterocycles. The molecule has 182 valence electrons. The number of hydrogen-bond donors (Lipinski definition) is 1. The van der Waals surface area contributed by atoms with Crippen LogP contribution in [0.25, 0.3) is 39.1 Å². The molecule has 0 atom stereocenters. The van der Waals surface area contributed by atoms with Gasteiger partial charge in [-0.25, -0.2) is 13.4 Å². The van der Waals surface area contributed by atoms with Crippen molar-refractivity contribution in [1.82, 2.24) is 14.5 Å². The molecular weight excluding hydrogens is 494 g/mol. The van der Waals surface area contributed by atoms with Crippen LogP contribution < -0.4 is 0 Å². The van der Waals surface area contributed by atoms with Crippen molar-refractivity contribution in [1.29, 1.82) is 0 Å². The molecule has 0 radical (unpaired) electrons. The zero-order valence-corrected chi connectivity index (χ0v) is 21.5. The zero-order chi connectivity index (χ0) is 25.7. The fourth-order valence-electron chi connectivity index (χ4n) is 4.11. The fourth-order valence-corrected chi connectivity index (χ4v) is 5.05. The minimum atomic E-state index is -3.34. The smallest absolute Gasteiger partial charge is 0.175 e. The Morgan fingerprint density at radius 2 is 1.69 bits per heavy atom. The van der Waals surface area contributed by atoms with E-state index in [0.29, 0.717) is 27.9 Å². The molecule has 0 unspecified atom stereocenters. The van der Waals surface area contributed by atoms with Crippen molar-refractivity contribution >= 4 is 32.2 Å². The predicted molar refractivity (Wildman–Crippen MR) is 143 cm³/mol. The molecule has 3 aromatic carbocycles. The van der Waals surface area contributed by atoms with Crippen LogP contribution in [0.4, 0.5) is 0 Å². The molecule has 0 aliphatic carbocycles. The van der Waals surface area contributed by atoms with E-state index in [1.165, 1.54) is 6.26 Å². The first-order valence-electron chi connectivity index (χ1n) is 11.3. The molecule has 0 fully saturated rings. The van der Waals surface area contributed by atoms with Crippen molar-refractivity contribution in [2.75, 3.05) is 6.26 Å². The van der Waals surface area contributed by atoms with Crippen molar-refractivity contribution in [2.24, 2.45) is 0 Å². The highest BCUT2D eigenvalue weighted by atomic mass is 35.5. The SMILES string of the molecule is CC(C)(O)c1cn(-c2ccc(-c3cccc(S(C)(=O)=O)c3)cc2Cl)c(-c2nccc3ccccc23)n1. The Morgan fingerprint density at radius 1 is 0.944 bits per heavy atom. The average Bonchev–Trinajstić information content (AvgIpc) is 3.29. The van der Waals surface area contributed by atoms with E-state index in [9.17, 15) is 13.5 Å². The number of sulfone groups is 1. The number of rotatable bonds is 5. The van der Waals surface area contributed by atoms with Gasteiger partial charge in [-0.1, -0.05) is 54.1 Å². The topological polar surface area (TPSA) is 85.1 Å². The van der Waals surface area contributed by atoms with Crippen LogP contribution in [0, 0.1) is 0 Å².